The van der Waals surface area contributed by atoms with Gasteiger partial charge in [0.2, 0.25) is 0 Å². The molecule has 3 nitrogen and oxygen atoms in total. The van der Waals surface area contributed by atoms with Crippen molar-refractivity contribution in [1.82, 2.24) is 9.80 Å². The van der Waals surface area contributed by atoms with Crippen molar-refractivity contribution in [2.24, 2.45) is 11.8 Å². The number of piperidine rings is 1. The molecule has 2 aliphatic heterocycles. The number of carbonyl (C=O) groups excluding carboxylic acids is 1. The summed E-state index contributed by atoms with van der Waals surface area (Å²) in [5.41, 5.74) is 1.86. The molecule has 3 rings (SSSR count). The number of hydrogen-bond acceptors (Lipinski definition) is 2. The topological polar surface area (TPSA) is 23.6 Å². The Morgan fingerprint density at radius 1 is 1.09 bits per heavy atom. The first-order chi connectivity index (χ1) is 10.7. The lowest BCUT2D eigenvalue weighted by molar-refractivity contribution is 0.0776. The minimum atomic E-state index is 0. The Bertz CT molecular complexity index is 535. The molecule has 0 N–H and O–H groups in total. The van der Waals surface area contributed by atoms with Crippen LogP contribution >= 0.6 is 24.0 Å². The Kier molecular flexibility index (Phi) is 6.65. The van der Waals surface area contributed by atoms with Crippen LogP contribution in [0.3, 0.4) is 0 Å². The first-order valence-corrected chi connectivity index (χ1v) is 8.37. The molecule has 0 aromatic heterocycles. The predicted molar refractivity (Wildman–Crippen MR) is 106 cm³/mol. The van der Waals surface area contributed by atoms with Gasteiger partial charge in [-0.25, -0.2) is 0 Å². The van der Waals surface area contributed by atoms with Gasteiger partial charge in [0.05, 0.1) is 0 Å². The maximum Gasteiger partial charge on any atom is 0.253 e. The molecule has 1 aromatic carbocycles. The molecule has 2 fully saturated rings. The third-order valence-corrected chi connectivity index (χ3v) is 5.34. The first-order valence-electron chi connectivity index (χ1n) is 8.37. The lowest BCUT2D eigenvalue weighted by Gasteiger charge is -2.32. The van der Waals surface area contributed by atoms with E-state index in [4.69, 9.17) is 0 Å². The number of nitrogens with zero attached hydrogens (tertiary/aromatic N) is 2. The molecule has 0 spiro atoms. The van der Waals surface area contributed by atoms with Crippen molar-refractivity contribution in [2.45, 2.75) is 19.3 Å². The fourth-order valence-corrected chi connectivity index (χ4v) is 3.80. The van der Waals surface area contributed by atoms with Gasteiger partial charge in [-0.2, -0.15) is 0 Å². The molecule has 4 heteroatoms. The van der Waals surface area contributed by atoms with Gasteiger partial charge in [-0.1, -0.05) is 24.8 Å². The first kappa shape index (κ1) is 18.5. The van der Waals surface area contributed by atoms with Crippen LogP contribution < -0.4 is 0 Å². The Morgan fingerprint density at radius 2 is 1.70 bits per heavy atom. The van der Waals surface area contributed by atoms with Gasteiger partial charge in [0.25, 0.3) is 5.91 Å². The van der Waals surface area contributed by atoms with Crippen molar-refractivity contribution >= 4 is 36.0 Å². The molecule has 23 heavy (non-hydrogen) atoms. The van der Waals surface area contributed by atoms with Crippen molar-refractivity contribution in [2.75, 3.05) is 33.2 Å². The Morgan fingerprint density at radius 3 is 2.30 bits per heavy atom. The van der Waals surface area contributed by atoms with Crippen molar-refractivity contribution < 1.29 is 4.79 Å². The molecule has 0 saturated carbocycles. The molecule has 1 aromatic rings. The Balaban J connectivity index is 0.00000192. The van der Waals surface area contributed by atoms with Gasteiger partial charge in [0.15, 0.2) is 0 Å². The summed E-state index contributed by atoms with van der Waals surface area (Å²) in [6.45, 7) is 8.02. The van der Waals surface area contributed by atoms with Crippen molar-refractivity contribution in [3.8, 4) is 0 Å². The summed E-state index contributed by atoms with van der Waals surface area (Å²) < 4.78 is 0. The summed E-state index contributed by atoms with van der Waals surface area (Å²) in [4.78, 5) is 17.1. The summed E-state index contributed by atoms with van der Waals surface area (Å²) in [6.07, 6.45) is 5.56. The van der Waals surface area contributed by atoms with Crippen molar-refractivity contribution in [1.29, 1.82) is 0 Å². The predicted octanol–water partition coefficient (Wildman–Crippen LogP) is 3.75. The van der Waals surface area contributed by atoms with E-state index in [-0.39, 0.29) is 29.9 Å². The standard InChI is InChI=1S/C19H26N2O.HI/c1-3-15-4-6-17(7-5-15)19(22)21-13-10-18(14-21)16-8-11-20(2)12-9-16;/h3-7,16,18H,1,8-14H2,2H3;1H. The van der Waals surface area contributed by atoms with E-state index in [1.54, 1.807) is 6.08 Å². The quantitative estimate of drug-likeness (QED) is 0.688. The lowest BCUT2D eigenvalue weighted by atomic mass is 9.84. The van der Waals surface area contributed by atoms with Crippen molar-refractivity contribution in [3.63, 3.8) is 0 Å². The van der Waals surface area contributed by atoms with E-state index in [0.29, 0.717) is 5.92 Å². The lowest BCUT2D eigenvalue weighted by Crippen LogP contribution is -2.35. The molecule has 126 valence electrons. The Labute approximate surface area is 156 Å². The summed E-state index contributed by atoms with van der Waals surface area (Å²) in [5.74, 6) is 1.69. The molecule has 1 atom stereocenters. The molecule has 2 heterocycles. The second-order valence-corrected chi connectivity index (χ2v) is 6.77. The second-order valence-electron chi connectivity index (χ2n) is 6.77. The number of carbonyl (C=O) groups is 1. The monoisotopic (exact) mass is 426 g/mol. The minimum absolute atomic E-state index is 0. The molecular formula is C19H27IN2O. The summed E-state index contributed by atoms with van der Waals surface area (Å²) in [6, 6.07) is 7.76. The van der Waals surface area contributed by atoms with E-state index in [1.165, 1.54) is 32.4 Å². The molecule has 1 unspecified atom stereocenters. The SMILES string of the molecule is C=Cc1ccc(C(=O)N2CCC(C3CCN(C)CC3)C2)cc1.I. The van der Waals surface area contributed by atoms with Crippen LogP contribution in [0.25, 0.3) is 6.08 Å². The smallest absolute Gasteiger partial charge is 0.253 e. The number of benzene rings is 1. The van der Waals surface area contributed by atoms with E-state index in [1.807, 2.05) is 29.2 Å². The molecule has 2 saturated heterocycles. The van der Waals surface area contributed by atoms with Crippen LogP contribution in [0.1, 0.15) is 35.2 Å². The van der Waals surface area contributed by atoms with Crippen LogP contribution in [0.5, 0.6) is 0 Å². The molecule has 0 bridgehead atoms. The number of rotatable bonds is 3. The summed E-state index contributed by atoms with van der Waals surface area (Å²) >= 11 is 0. The van der Waals surface area contributed by atoms with Crippen LogP contribution in [0.4, 0.5) is 0 Å². The maximum absolute atomic E-state index is 12.6. The highest BCUT2D eigenvalue weighted by Crippen LogP contribution is 2.32. The Hall–Kier alpha value is -0.880. The van der Waals surface area contributed by atoms with Crippen LogP contribution in [0.15, 0.2) is 30.8 Å². The van der Waals surface area contributed by atoms with E-state index >= 15 is 0 Å². The number of halogens is 1. The largest absolute Gasteiger partial charge is 0.338 e. The van der Waals surface area contributed by atoms with Gasteiger partial charge in [-0.3, -0.25) is 4.79 Å². The summed E-state index contributed by atoms with van der Waals surface area (Å²) in [5, 5.41) is 0. The highest BCUT2D eigenvalue weighted by molar-refractivity contribution is 14.0. The van der Waals surface area contributed by atoms with Crippen LogP contribution in [-0.4, -0.2) is 48.9 Å². The maximum atomic E-state index is 12.6. The fourth-order valence-electron chi connectivity index (χ4n) is 3.80. The normalized spacial score (nSPS) is 22.7. The van der Waals surface area contributed by atoms with Crippen LogP contribution in [0.2, 0.25) is 0 Å². The van der Waals surface area contributed by atoms with E-state index < -0.39 is 0 Å². The zero-order valence-electron chi connectivity index (χ0n) is 13.9. The molecule has 0 aliphatic carbocycles. The van der Waals surface area contributed by atoms with Gasteiger partial charge in [0.1, 0.15) is 0 Å². The fraction of sp³-hybridized carbons (Fsp3) is 0.526. The average Bonchev–Trinajstić information content (AvgIpc) is 3.05. The van der Waals surface area contributed by atoms with E-state index in [0.717, 1.165) is 30.1 Å². The summed E-state index contributed by atoms with van der Waals surface area (Å²) in [7, 11) is 2.20. The second kappa shape index (κ2) is 8.29. The molecule has 0 radical (unpaired) electrons. The van der Waals surface area contributed by atoms with Gasteiger partial charge >= 0.3 is 0 Å². The highest BCUT2D eigenvalue weighted by atomic mass is 127. The molecule has 2 aliphatic rings. The highest BCUT2D eigenvalue weighted by Gasteiger charge is 2.33. The van der Waals surface area contributed by atoms with Crippen LogP contribution in [-0.2, 0) is 0 Å². The zero-order chi connectivity index (χ0) is 15.5. The third-order valence-electron chi connectivity index (χ3n) is 5.34. The molecule has 1 amide bonds. The van der Waals surface area contributed by atoms with E-state index in [9.17, 15) is 4.79 Å². The number of amides is 1. The van der Waals surface area contributed by atoms with Gasteiger partial charge < -0.3 is 9.80 Å². The van der Waals surface area contributed by atoms with Gasteiger partial charge in [0, 0.05) is 18.7 Å². The average molecular weight is 426 g/mol. The van der Waals surface area contributed by atoms with Gasteiger partial charge in [-0.15, -0.1) is 24.0 Å². The number of hydrogen-bond donors (Lipinski definition) is 0. The zero-order valence-corrected chi connectivity index (χ0v) is 16.2. The van der Waals surface area contributed by atoms with Crippen molar-refractivity contribution in [3.05, 3.63) is 42.0 Å². The molecular weight excluding hydrogens is 399 g/mol. The van der Waals surface area contributed by atoms with Gasteiger partial charge in [-0.05, 0) is 68.9 Å². The van der Waals surface area contributed by atoms with E-state index in [2.05, 4.69) is 18.5 Å². The van der Waals surface area contributed by atoms with Crippen LogP contribution in [0, 0.1) is 11.8 Å². The minimum Gasteiger partial charge on any atom is -0.338 e. The number of likely N-dealkylation sites (tertiary alicyclic amines) is 2. The third kappa shape index (κ3) is 4.35.